The summed E-state index contributed by atoms with van der Waals surface area (Å²) in [5.74, 6) is -1.30. The third-order valence-corrected chi connectivity index (χ3v) is 5.80. The molecule has 3 rings (SSSR count). The number of anilines is 1. The van der Waals surface area contributed by atoms with E-state index in [-0.39, 0.29) is 11.3 Å². The van der Waals surface area contributed by atoms with Crippen LogP contribution in [0, 0.1) is 6.92 Å². The van der Waals surface area contributed by atoms with Crippen molar-refractivity contribution in [3.63, 3.8) is 0 Å². The summed E-state index contributed by atoms with van der Waals surface area (Å²) in [4.78, 5) is 48.5. The molecule has 1 fully saturated rings. The van der Waals surface area contributed by atoms with Crippen molar-refractivity contribution in [1.29, 1.82) is 0 Å². The molecule has 1 heterocycles. The number of aryl methyl sites for hydroxylation is 1. The van der Waals surface area contributed by atoms with Crippen LogP contribution in [-0.2, 0) is 14.3 Å². The number of benzene rings is 2. The second-order valence-corrected chi connectivity index (χ2v) is 8.03. The number of carbonyl (C=O) groups excluding carboxylic acids is 4. The molecule has 4 amide bonds. The lowest BCUT2D eigenvalue weighted by Crippen LogP contribution is -2.46. The Morgan fingerprint density at radius 3 is 2.47 bits per heavy atom. The van der Waals surface area contributed by atoms with Gasteiger partial charge in [0.05, 0.1) is 5.56 Å². The first-order valence-electron chi connectivity index (χ1n) is 9.16. The summed E-state index contributed by atoms with van der Waals surface area (Å²) in [5.41, 5.74) is 0.880. The predicted octanol–water partition coefficient (Wildman–Crippen LogP) is 2.48. The summed E-state index contributed by atoms with van der Waals surface area (Å²) in [5, 5.41) is 7.44. The molecule has 0 bridgehead atoms. The van der Waals surface area contributed by atoms with Crippen molar-refractivity contribution in [3.8, 4) is 0 Å². The van der Waals surface area contributed by atoms with Crippen LogP contribution in [-0.4, -0.2) is 41.7 Å². The lowest BCUT2D eigenvalue weighted by Gasteiger charge is -2.20. The molecule has 3 N–H and O–H groups in total. The monoisotopic (exact) mass is 427 g/mol. The number of carbonyl (C=O) groups is 4. The van der Waals surface area contributed by atoms with Crippen molar-refractivity contribution >= 4 is 41.3 Å². The van der Waals surface area contributed by atoms with Gasteiger partial charge in [-0.2, -0.15) is 0 Å². The fourth-order valence-corrected chi connectivity index (χ4v) is 3.84. The third kappa shape index (κ3) is 5.18. The number of urea groups is 1. The zero-order valence-electron chi connectivity index (χ0n) is 16.5. The fourth-order valence-electron chi connectivity index (χ4n) is 2.71. The first-order chi connectivity index (χ1) is 14.3. The maximum atomic E-state index is 12.5. The van der Waals surface area contributed by atoms with Gasteiger partial charge in [0.15, 0.2) is 6.61 Å². The SMILES string of the molecule is Cc1ccc(NC(=O)COC(=O)c2ccccc2SC[C@]2(C)NC(=O)NC2=O)cc1. The van der Waals surface area contributed by atoms with Crippen molar-refractivity contribution in [2.45, 2.75) is 24.3 Å². The molecule has 156 valence electrons. The standard InChI is InChI=1S/C21H21N3O5S/c1-13-7-9-14(10-8-13)22-17(25)11-29-18(26)15-5-3-4-6-16(15)30-12-21(2)19(27)23-20(28)24-21/h3-10H,11-12H2,1-2H3,(H,22,25)(H2,23,24,27,28)/t21-/m0/s1. The Morgan fingerprint density at radius 1 is 1.10 bits per heavy atom. The fraction of sp³-hybridized carbons (Fsp3) is 0.238. The highest BCUT2D eigenvalue weighted by Gasteiger charge is 2.41. The van der Waals surface area contributed by atoms with Crippen molar-refractivity contribution < 1.29 is 23.9 Å². The molecule has 2 aromatic carbocycles. The molecule has 0 saturated carbocycles. The Hall–Kier alpha value is -3.33. The maximum absolute atomic E-state index is 12.5. The van der Waals surface area contributed by atoms with E-state index in [4.69, 9.17) is 4.74 Å². The van der Waals surface area contributed by atoms with Crippen LogP contribution in [0.5, 0.6) is 0 Å². The van der Waals surface area contributed by atoms with Crippen LogP contribution < -0.4 is 16.0 Å². The summed E-state index contributed by atoms with van der Waals surface area (Å²) in [7, 11) is 0. The van der Waals surface area contributed by atoms with E-state index in [1.54, 1.807) is 43.3 Å². The molecule has 8 nitrogen and oxygen atoms in total. The molecule has 1 aliphatic heterocycles. The molecular formula is C21H21N3O5S. The normalized spacial score (nSPS) is 17.8. The van der Waals surface area contributed by atoms with Crippen molar-refractivity contribution in [2.24, 2.45) is 0 Å². The minimum absolute atomic E-state index is 0.225. The highest BCUT2D eigenvalue weighted by atomic mass is 32.2. The zero-order chi connectivity index (χ0) is 21.7. The van der Waals surface area contributed by atoms with E-state index in [0.29, 0.717) is 10.6 Å². The molecule has 30 heavy (non-hydrogen) atoms. The second kappa shape index (κ2) is 9.00. The zero-order valence-corrected chi connectivity index (χ0v) is 17.3. The average Bonchev–Trinajstić information content (AvgIpc) is 2.98. The minimum atomic E-state index is -1.08. The van der Waals surface area contributed by atoms with E-state index in [0.717, 1.165) is 5.56 Å². The largest absolute Gasteiger partial charge is 0.452 e. The van der Waals surface area contributed by atoms with Gasteiger partial charge < -0.3 is 15.4 Å². The lowest BCUT2D eigenvalue weighted by molar-refractivity contribution is -0.122. The average molecular weight is 427 g/mol. The molecule has 1 saturated heterocycles. The Balaban J connectivity index is 1.58. The van der Waals surface area contributed by atoms with Gasteiger partial charge in [-0.15, -0.1) is 11.8 Å². The van der Waals surface area contributed by atoms with Crippen LogP contribution in [0.1, 0.15) is 22.8 Å². The number of nitrogens with one attached hydrogen (secondary N) is 3. The molecule has 1 aliphatic rings. The number of hydrogen-bond acceptors (Lipinski definition) is 6. The molecule has 1 atom stereocenters. The first-order valence-corrected chi connectivity index (χ1v) is 10.1. The van der Waals surface area contributed by atoms with Crippen molar-refractivity contribution in [1.82, 2.24) is 10.6 Å². The van der Waals surface area contributed by atoms with Gasteiger partial charge in [0.2, 0.25) is 0 Å². The maximum Gasteiger partial charge on any atom is 0.339 e. The van der Waals surface area contributed by atoms with Gasteiger partial charge >= 0.3 is 12.0 Å². The third-order valence-electron chi connectivity index (χ3n) is 4.41. The smallest absolute Gasteiger partial charge is 0.339 e. The second-order valence-electron chi connectivity index (χ2n) is 7.02. The summed E-state index contributed by atoms with van der Waals surface area (Å²) in [6.45, 7) is 3.12. The summed E-state index contributed by atoms with van der Waals surface area (Å²) in [6, 6.07) is 13.4. The van der Waals surface area contributed by atoms with Gasteiger partial charge in [0, 0.05) is 16.3 Å². The number of esters is 1. The molecule has 0 aromatic heterocycles. The van der Waals surface area contributed by atoms with Crippen LogP contribution in [0.3, 0.4) is 0 Å². The highest BCUT2D eigenvalue weighted by molar-refractivity contribution is 7.99. The van der Waals surface area contributed by atoms with E-state index in [2.05, 4.69) is 16.0 Å². The summed E-state index contributed by atoms with van der Waals surface area (Å²) >= 11 is 1.24. The lowest BCUT2D eigenvalue weighted by atomic mass is 10.1. The Bertz CT molecular complexity index is 992. The number of hydrogen-bond donors (Lipinski definition) is 3. The van der Waals surface area contributed by atoms with Crippen LogP contribution in [0.4, 0.5) is 10.5 Å². The minimum Gasteiger partial charge on any atom is -0.452 e. The number of ether oxygens (including phenoxy) is 1. The summed E-state index contributed by atoms with van der Waals surface area (Å²) < 4.78 is 5.15. The number of imide groups is 1. The van der Waals surface area contributed by atoms with Gasteiger partial charge in [-0.1, -0.05) is 29.8 Å². The number of rotatable bonds is 7. The van der Waals surface area contributed by atoms with Gasteiger partial charge in [0.1, 0.15) is 5.54 Å². The van der Waals surface area contributed by atoms with Gasteiger partial charge in [-0.05, 0) is 38.1 Å². The molecular weight excluding hydrogens is 406 g/mol. The van der Waals surface area contributed by atoms with Crippen LogP contribution in [0.25, 0.3) is 0 Å². The number of thioether (sulfide) groups is 1. The molecule has 9 heteroatoms. The number of amides is 4. The molecule has 0 unspecified atom stereocenters. The van der Waals surface area contributed by atoms with Crippen LogP contribution in [0.2, 0.25) is 0 Å². The van der Waals surface area contributed by atoms with E-state index in [1.807, 2.05) is 19.1 Å². The Labute approximate surface area is 177 Å². The van der Waals surface area contributed by atoms with Crippen LogP contribution >= 0.6 is 11.8 Å². The van der Waals surface area contributed by atoms with Gasteiger partial charge in [0.25, 0.3) is 11.8 Å². The quantitative estimate of drug-likeness (QED) is 0.355. The van der Waals surface area contributed by atoms with Crippen molar-refractivity contribution in [2.75, 3.05) is 17.7 Å². The molecule has 0 aliphatic carbocycles. The van der Waals surface area contributed by atoms with E-state index < -0.39 is 36.0 Å². The first kappa shape index (κ1) is 21.4. The van der Waals surface area contributed by atoms with E-state index in [1.165, 1.54) is 11.8 Å². The predicted molar refractivity (Wildman–Crippen MR) is 112 cm³/mol. The summed E-state index contributed by atoms with van der Waals surface area (Å²) in [6.07, 6.45) is 0. The molecule has 0 spiro atoms. The molecule has 2 aromatic rings. The van der Waals surface area contributed by atoms with Gasteiger partial charge in [-0.3, -0.25) is 14.9 Å². The van der Waals surface area contributed by atoms with Gasteiger partial charge in [-0.25, -0.2) is 9.59 Å². The van der Waals surface area contributed by atoms with Crippen LogP contribution in [0.15, 0.2) is 53.4 Å². The van der Waals surface area contributed by atoms with E-state index >= 15 is 0 Å². The Kier molecular flexibility index (Phi) is 6.41. The van der Waals surface area contributed by atoms with E-state index in [9.17, 15) is 19.2 Å². The topological polar surface area (TPSA) is 114 Å². The molecule has 0 radical (unpaired) electrons. The Morgan fingerprint density at radius 2 is 1.80 bits per heavy atom. The highest BCUT2D eigenvalue weighted by Crippen LogP contribution is 2.28. The van der Waals surface area contributed by atoms with Crippen molar-refractivity contribution in [3.05, 3.63) is 59.7 Å².